The topological polar surface area (TPSA) is 87.4 Å². The summed E-state index contributed by atoms with van der Waals surface area (Å²) in [4.78, 5) is 22.4. The van der Waals surface area contributed by atoms with Gasteiger partial charge in [0.1, 0.15) is 12.0 Å². The molecule has 1 fully saturated rings. The number of nitrogens with one attached hydrogen (secondary N) is 1. The molecule has 8 nitrogen and oxygen atoms in total. The molecule has 0 radical (unpaired) electrons. The van der Waals surface area contributed by atoms with Gasteiger partial charge in [-0.15, -0.1) is 0 Å². The summed E-state index contributed by atoms with van der Waals surface area (Å²) < 4.78 is 15.2. The summed E-state index contributed by atoms with van der Waals surface area (Å²) in [5, 5.41) is 13.8. The molecule has 2 heterocycles. The SMILES string of the molecule is C[C@H]1CN(c2ccc(Br)c(F)c2Nc2ncnc(Cl)c2[N+](=O)[O-])CCN1C. The summed E-state index contributed by atoms with van der Waals surface area (Å²) in [6.45, 7) is 4.30. The molecule has 0 aliphatic carbocycles. The molecule has 11 heteroatoms. The van der Waals surface area contributed by atoms with Crippen molar-refractivity contribution in [2.24, 2.45) is 0 Å². The second-order valence-electron chi connectivity index (χ2n) is 6.27. The van der Waals surface area contributed by atoms with Crippen molar-refractivity contribution < 1.29 is 9.31 Å². The van der Waals surface area contributed by atoms with Gasteiger partial charge in [0.15, 0.2) is 5.82 Å². The van der Waals surface area contributed by atoms with Crippen molar-refractivity contribution in [1.82, 2.24) is 14.9 Å². The molecule has 0 unspecified atom stereocenters. The first-order chi connectivity index (χ1) is 12.8. The smallest absolute Gasteiger partial charge is 0.348 e. The number of rotatable bonds is 4. The number of nitro groups is 1. The van der Waals surface area contributed by atoms with Crippen LogP contribution in [0.25, 0.3) is 0 Å². The number of nitrogens with zero attached hydrogens (tertiary/aromatic N) is 5. The van der Waals surface area contributed by atoms with Gasteiger partial charge in [-0.1, -0.05) is 11.6 Å². The van der Waals surface area contributed by atoms with E-state index in [1.54, 1.807) is 12.1 Å². The van der Waals surface area contributed by atoms with Crippen LogP contribution in [-0.2, 0) is 0 Å². The first-order valence-electron chi connectivity index (χ1n) is 8.14. The van der Waals surface area contributed by atoms with Crippen molar-refractivity contribution in [2.75, 3.05) is 36.9 Å². The molecular weight excluding hydrogens is 443 g/mol. The summed E-state index contributed by atoms with van der Waals surface area (Å²) in [6, 6.07) is 3.66. The summed E-state index contributed by atoms with van der Waals surface area (Å²) >= 11 is 9.00. The lowest BCUT2D eigenvalue weighted by atomic mass is 10.1. The second kappa shape index (κ2) is 7.91. The van der Waals surface area contributed by atoms with E-state index in [-0.39, 0.29) is 27.2 Å². The van der Waals surface area contributed by atoms with E-state index in [0.29, 0.717) is 18.8 Å². The van der Waals surface area contributed by atoms with Crippen LogP contribution in [0.1, 0.15) is 6.92 Å². The number of hydrogen-bond acceptors (Lipinski definition) is 7. The summed E-state index contributed by atoms with van der Waals surface area (Å²) in [6.07, 6.45) is 1.09. The Labute approximate surface area is 168 Å². The lowest BCUT2D eigenvalue weighted by molar-refractivity contribution is -0.384. The minimum atomic E-state index is -0.696. The Balaban J connectivity index is 2.05. The Hall–Kier alpha value is -2.04. The van der Waals surface area contributed by atoms with Gasteiger partial charge in [0, 0.05) is 25.7 Å². The molecule has 1 atom stereocenters. The van der Waals surface area contributed by atoms with E-state index in [1.165, 1.54) is 0 Å². The first-order valence-corrected chi connectivity index (χ1v) is 9.31. The Morgan fingerprint density at radius 3 is 2.81 bits per heavy atom. The number of anilines is 3. The Morgan fingerprint density at radius 2 is 2.15 bits per heavy atom. The minimum Gasteiger partial charge on any atom is -0.367 e. The Kier molecular flexibility index (Phi) is 5.78. The third kappa shape index (κ3) is 3.97. The van der Waals surface area contributed by atoms with Gasteiger partial charge < -0.3 is 15.1 Å². The lowest BCUT2D eigenvalue weighted by Gasteiger charge is -2.39. The van der Waals surface area contributed by atoms with Crippen LogP contribution >= 0.6 is 27.5 Å². The van der Waals surface area contributed by atoms with Crippen LogP contribution < -0.4 is 10.2 Å². The molecule has 27 heavy (non-hydrogen) atoms. The van der Waals surface area contributed by atoms with E-state index < -0.39 is 16.4 Å². The number of aromatic nitrogens is 2. The average Bonchev–Trinajstić information content (AvgIpc) is 2.61. The molecule has 0 saturated carbocycles. The van der Waals surface area contributed by atoms with Crippen LogP contribution in [0.4, 0.5) is 27.3 Å². The quantitative estimate of drug-likeness (QED) is 0.422. The van der Waals surface area contributed by atoms with E-state index in [4.69, 9.17) is 11.6 Å². The maximum Gasteiger partial charge on any atom is 0.348 e. The maximum atomic E-state index is 14.9. The number of benzene rings is 1. The summed E-state index contributed by atoms with van der Waals surface area (Å²) in [7, 11) is 2.04. The van der Waals surface area contributed by atoms with Gasteiger partial charge in [0.05, 0.1) is 15.1 Å². The Bertz CT molecular complexity index is 886. The molecule has 1 N–H and O–H groups in total. The molecule has 0 spiro atoms. The average molecular weight is 460 g/mol. The molecule has 1 aliphatic heterocycles. The normalized spacial score (nSPS) is 17.8. The minimum absolute atomic E-state index is 0.0963. The van der Waals surface area contributed by atoms with Gasteiger partial charge in [-0.05, 0) is 42.0 Å². The van der Waals surface area contributed by atoms with Gasteiger partial charge >= 0.3 is 5.69 Å². The van der Waals surface area contributed by atoms with Crippen molar-refractivity contribution >= 4 is 50.4 Å². The molecule has 3 rings (SSSR count). The fourth-order valence-electron chi connectivity index (χ4n) is 2.92. The van der Waals surface area contributed by atoms with Crippen molar-refractivity contribution in [3.8, 4) is 0 Å². The predicted octanol–water partition coefficient (Wildman–Crippen LogP) is 3.82. The molecule has 0 bridgehead atoms. The van der Waals surface area contributed by atoms with E-state index >= 15 is 0 Å². The fourth-order valence-corrected chi connectivity index (χ4v) is 3.45. The van der Waals surface area contributed by atoms with Gasteiger partial charge in [-0.3, -0.25) is 10.1 Å². The van der Waals surface area contributed by atoms with Gasteiger partial charge in [-0.2, -0.15) is 0 Å². The van der Waals surface area contributed by atoms with Crippen molar-refractivity contribution in [3.05, 3.63) is 44.0 Å². The van der Waals surface area contributed by atoms with Crippen molar-refractivity contribution in [3.63, 3.8) is 0 Å². The third-order valence-corrected chi connectivity index (χ3v) is 5.47. The van der Waals surface area contributed by atoms with Crippen LogP contribution in [0.15, 0.2) is 22.9 Å². The number of likely N-dealkylation sites (N-methyl/N-ethyl adjacent to an activating group) is 1. The van der Waals surface area contributed by atoms with Crippen LogP contribution in [-0.4, -0.2) is 52.5 Å². The summed E-state index contributed by atoms with van der Waals surface area (Å²) in [5.41, 5.74) is 0.190. The number of hydrogen-bond donors (Lipinski definition) is 1. The van der Waals surface area contributed by atoms with Gasteiger partial charge in [0.2, 0.25) is 11.0 Å². The first kappa shape index (κ1) is 19.7. The number of halogens is 3. The largest absolute Gasteiger partial charge is 0.367 e. The molecular formula is C16H17BrClFN6O2. The van der Waals surface area contributed by atoms with Crippen molar-refractivity contribution in [2.45, 2.75) is 13.0 Å². The second-order valence-corrected chi connectivity index (χ2v) is 7.49. The van der Waals surface area contributed by atoms with Gasteiger partial charge in [0.25, 0.3) is 0 Å². The molecule has 1 aromatic carbocycles. The van der Waals surface area contributed by atoms with E-state index in [9.17, 15) is 14.5 Å². The maximum absolute atomic E-state index is 14.9. The highest BCUT2D eigenvalue weighted by molar-refractivity contribution is 9.10. The lowest BCUT2D eigenvalue weighted by Crippen LogP contribution is -2.50. The highest BCUT2D eigenvalue weighted by Gasteiger charge is 2.27. The highest BCUT2D eigenvalue weighted by atomic mass is 79.9. The zero-order chi connectivity index (χ0) is 19.7. The zero-order valence-electron chi connectivity index (χ0n) is 14.6. The zero-order valence-corrected chi connectivity index (χ0v) is 17.0. The van der Waals surface area contributed by atoms with E-state index in [2.05, 4.69) is 43.0 Å². The molecule has 1 saturated heterocycles. The monoisotopic (exact) mass is 458 g/mol. The third-order valence-electron chi connectivity index (χ3n) is 4.58. The standard InChI is InChI=1S/C16H17BrClFN6O2/c1-9-7-24(6-5-23(9)2)11-4-3-10(17)12(19)13(11)22-16-14(25(26)27)15(18)20-8-21-16/h3-4,8-9H,5-7H2,1-2H3,(H,20,21,22)/t9-/m0/s1. The Morgan fingerprint density at radius 1 is 1.41 bits per heavy atom. The van der Waals surface area contributed by atoms with Crippen LogP contribution in [0.2, 0.25) is 5.15 Å². The fraction of sp³-hybridized carbons (Fsp3) is 0.375. The molecule has 0 amide bonds. The predicted molar refractivity (Wildman–Crippen MR) is 105 cm³/mol. The van der Waals surface area contributed by atoms with Crippen LogP contribution in [0, 0.1) is 15.9 Å². The molecule has 144 valence electrons. The highest BCUT2D eigenvalue weighted by Crippen LogP contribution is 2.38. The number of piperazine rings is 1. The van der Waals surface area contributed by atoms with E-state index in [0.717, 1.165) is 12.9 Å². The molecule has 1 aromatic heterocycles. The molecule has 1 aliphatic rings. The van der Waals surface area contributed by atoms with Crippen molar-refractivity contribution in [1.29, 1.82) is 0 Å². The summed E-state index contributed by atoms with van der Waals surface area (Å²) in [5.74, 6) is -0.733. The van der Waals surface area contributed by atoms with E-state index in [1.807, 2.05) is 11.9 Å². The molecule has 2 aromatic rings. The van der Waals surface area contributed by atoms with Crippen LogP contribution in [0.3, 0.4) is 0 Å². The van der Waals surface area contributed by atoms with Crippen LogP contribution in [0.5, 0.6) is 0 Å². The van der Waals surface area contributed by atoms with Gasteiger partial charge in [-0.25, -0.2) is 14.4 Å².